The molecule has 1 amide bonds. The first-order valence-electron chi connectivity index (χ1n) is 11.1. The minimum absolute atomic E-state index is 0.0396. The SMILES string of the molecule is Cc1cc(/C(O)=C2\C(=O)C(=O)N(Cc3ccc(F)cc3)C2c2cn(C)c3ccccc23)ccc1F. The van der Waals surface area contributed by atoms with Gasteiger partial charge in [-0.1, -0.05) is 30.3 Å². The molecule has 1 N–H and O–H groups in total. The van der Waals surface area contributed by atoms with E-state index in [9.17, 15) is 23.5 Å². The molecule has 5 rings (SSSR count). The van der Waals surface area contributed by atoms with Crippen LogP contribution in [0.3, 0.4) is 0 Å². The van der Waals surface area contributed by atoms with E-state index in [1.165, 1.54) is 35.2 Å². The summed E-state index contributed by atoms with van der Waals surface area (Å²) in [5, 5.41) is 12.1. The summed E-state index contributed by atoms with van der Waals surface area (Å²) in [6, 6.07) is 16.4. The Kier molecular flexibility index (Phi) is 5.47. The van der Waals surface area contributed by atoms with Crippen LogP contribution in [0.25, 0.3) is 16.7 Å². The van der Waals surface area contributed by atoms with Gasteiger partial charge in [0.25, 0.3) is 11.7 Å². The maximum absolute atomic E-state index is 13.9. The number of likely N-dealkylation sites (tertiary alicyclic amines) is 1. The van der Waals surface area contributed by atoms with Crippen molar-refractivity contribution in [3.8, 4) is 0 Å². The number of hydrogen-bond donors (Lipinski definition) is 1. The number of para-hydroxylation sites is 1. The topological polar surface area (TPSA) is 62.5 Å². The summed E-state index contributed by atoms with van der Waals surface area (Å²) >= 11 is 0. The summed E-state index contributed by atoms with van der Waals surface area (Å²) in [5.74, 6) is -2.82. The molecule has 176 valence electrons. The molecule has 1 fully saturated rings. The van der Waals surface area contributed by atoms with Crippen LogP contribution in [0.4, 0.5) is 8.78 Å². The van der Waals surface area contributed by atoms with E-state index in [4.69, 9.17) is 0 Å². The Morgan fingerprint density at radius 2 is 1.71 bits per heavy atom. The molecular weight excluding hydrogens is 450 g/mol. The Balaban J connectivity index is 1.73. The van der Waals surface area contributed by atoms with E-state index in [-0.39, 0.29) is 23.4 Å². The van der Waals surface area contributed by atoms with E-state index in [0.29, 0.717) is 16.7 Å². The van der Waals surface area contributed by atoms with Gasteiger partial charge in [-0.05, 0) is 54.4 Å². The number of aliphatic hydroxyl groups excluding tert-OH is 1. The molecule has 1 aliphatic rings. The fourth-order valence-electron chi connectivity index (χ4n) is 4.69. The Bertz CT molecular complexity index is 1520. The Morgan fingerprint density at radius 1 is 1.00 bits per heavy atom. The van der Waals surface area contributed by atoms with E-state index in [1.54, 1.807) is 19.1 Å². The number of carbonyl (C=O) groups is 2. The van der Waals surface area contributed by atoms with Gasteiger partial charge in [0, 0.05) is 41.8 Å². The molecular formula is C28H22F2N2O3. The molecule has 4 aromatic rings. The first-order valence-corrected chi connectivity index (χ1v) is 11.1. The molecule has 3 aromatic carbocycles. The number of halogens is 2. The van der Waals surface area contributed by atoms with Gasteiger partial charge >= 0.3 is 0 Å². The van der Waals surface area contributed by atoms with Gasteiger partial charge in [0.2, 0.25) is 0 Å². The third kappa shape index (κ3) is 3.79. The van der Waals surface area contributed by atoms with Gasteiger partial charge in [-0.3, -0.25) is 9.59 Å². The zero-order valence-electron chi connectivity index (χ0n) is 19.1. The number of rotatable bonds is 4. The lowest BCUT2D eigenvalue weighted by Crippen LogP contribution is -2.29. The van der Waals surface area contributed by atoms with Crippen molar-refractivity contribution in [3.63, 3.8) is 0 Å². The van der Waals surface area contributed by atoms with Crippen molar-refractivity contribution in [1.29, 1.82) is 0 Å². The van der Waals surface area contributed by atoms with Crippen LogP contribution in [-0.2, 0) is 23.2 Å². The lowest BCUT2D eigenvalue weighted by atomic mass is 9.94. The van der Waals surface area contributed by atoms with E-state index < -0.39 is 29.4 Å². The number of aryl methyl sites for hydroxylation is 2. The second kappa shape index (κ2) is 8.51. The Labute approximate surface area is 200 Å². The van der Waals surface area contributed by atoms with Crippen LogP contribution >= 0.6 is 0 Å². The van der Waals surface area contributed by atoms with Crippen LogP contribution in [0.5, 0.6) is 0 Å². The van der Waals surface area contributed by atoms with Crippen molar-refractivity contribution in [1.82, 2.24) is 9.47 Å². The molecule has 0 saturated carbocycles. The number of ketones is 1. The number of fused-ring (bicyclic) bond motifs is 1. The summed E-state index contributed by atoms with van der Waals surface area (Å²) in [6.07, 6.45) is 1.84. The fraction of sp³-hybridized carbons (Fsp3) is 0.143. The third-order valence-electron chi connectivity index (χ3n) is 6.46. The molecule has 7 heteroatoms. The predicted molar refractivity (Wildman–Crippen MR) is 128 cm³/mol. The maximum atomic E-state index is 13.9. The number of benzene rings is 3. The smallest absolute Gasteiger partial charge is 0.295 e. The molecule has 0 bridgehead atoms. The summed E-state index contributed by atoms with van der Waals surface area (Å²) < 4.78 is 29.2. The normalized spacial score (nSPS) is 17.5. The largest absolute Gasteiger partial charge is 0.507 e. The number of amides is 1. The van der Waals surface area contributed by atoms with Crippen LogP contribution in [0, 0.1) is 18.6 Å². The number of Topliss-reactive ketones (excluding diaryl/α,β-unsaturated/α-hetero) is 1. The predicted octanol–water partition coefficient (Wildman–Crippen LogP) is 5.39. The number of carbonyl (C=O) groups excluding carboxylic acids is 2. The van der Waals surface area contributed by atoms with Crippen LogP contribution in [0.2, 0.25) is 0 Å². The van der Waals surface area contributed by atoms with E-state index in [1.807, 2.05) is 42.1 Å². The first kappa shape index (κ1) is 22.5. The standard InChI is InChI=1S/C28H22F2N2O3/c1-16-13-18(9-12-22(16)30)26(33)24-25(21-15-31(2)23-6-4-3-5-20(21)23)32(28(35)27(24)34)14-17-7-10-19(29)11-8-17/h3-13,15,25,33H,14H2,1-2H3/b26-24+. The van der Waals surface area contributed by atoms with Crippen molar-refractivity contribution in [2.75, 3.05) is 0 Å². The molecule has 5 nitrogen and oxygen atoms in total. The van der Waals surface area contributed by atoms with E-state index in [2.05, 4.69) is 0 Å². The first-order chi connectivity index (χ1) is 16.8. The van der Waals surface area contributed by atoms with E-state index >= 15 is 0 Å². The summed E-state index contributed by atoms with van der Waals surface area (Å²) in [6.45, 7) is 1.60. The Hall–Kier alpha value is -4.26. The minimum atomic E-state index is -0.892. The van der Waals surface area contributed by atoms with Crippen LogP contribution in [0.1, 0.15) is 28.3 Å². The highest BCUT2D eigenvalue weighted by molar-refractivity contribution is 6.46. The number of nitrogens with zero attached hydrogens (tertiary/aromatic N) is 2. The number of aromatic nitrogens is 1. The molecule has 0 aliphatic carbocycles. The maximum Gasteiger partial charge on any atom is 0.295 e. The molecule has 1 aromatic heterocycles. The fourth-order valence-corrected chi connectivity index (χ4v) is 4.69. The summed E-state index contributed by atoms with van der Waals surface area (Å²) in [7, 11) is 1.86. The average molecular weight is 472 g/mol. The second-order valence-electron chi connectivity index (χ2n) is 8.73. The molecule has 1 atom stereocenters. The monoisotopic (exact) mass is 472 g/mol. The quantitative estimate of drug-likeness (QED) is 0.246. The Morgan fingerprint density at radius 3 is 2.43 bits per heavy atom. The van der Waals surface area contributed by atoms with Crippen molar-refractivity contribution in [2.24, 2.45) is 7.05 Å². The van der Waals surface area contributed by atoms with Crippen molar-refractivity contribution in [2.45, 2.75) is 19.5 Å². The lowest BCUT2D eigenvalue weighted by molar-refractivity contribution is -0.140. The summed E-state index contributed by atoms with van der Waals surface area (Å²) in [4.78, 5) is 28.0. The molecule has 1 saturated heterocycles. The second-order valence-corrected chi connectivity index (χ2v) is 8.73. The zero-order chi connectivity index (χ0) is 24.9. The minimum Gasteiger partial charge on any atom is -0.507 e. The highest BCUT2D eigenvalue weighted by atomic mass is 19.1. The zero-order valence-corrected chi connectivity index (χ0v) is 19.1. The van der Waals surface area contributed by atoms with Crippen molar-refractivity contribution in [3.05, 3.63) is 112 Å². The number of hydrogen-bond acceptors (Lipinski definition) is 3. The third-order valence-corrected chi connectivity index (χ3v) is 6.46. The summed E-state index contributed by atoms with van der Waals surface area (Å²) in [5.41, 5.74) is 2.68. The molecule has 2 heterocycles. The molecule has 1 unspecified atom stereocenters. The van der Waals surface area contributed by atoms with E-state index in [0.717, 1.165) is 10.9 Å². The van der Waals surface area contributed by atoms with Crippen LogP contribution < -0.4 is 0 Å². The molecule has 0 radical (unpaired) electrons. The highest BCUT2D eigenvalue weighted by Crippen LogP contribution is 2.43. The van der Waals surface area contributed by atoms with Gasteiger partial charge in [0.15, 0.2) is 0 Å². The van der Waals surface area contributed by atoms with Gasteiger partial charge in [-0.15, -0.1) is 0 Å². The molecule has 0 spiro atoms. The lowest BCUT2D eigenvalue weighted by Gasteiger charge is -2.25. The van der Waals surface area contributed by atoms with Crippen molar-refractivity contribution >= 4 is 28.4 Å². The molecule has 1 aliphatic heterocycles. The van der Waals surface area contributed by atoms with Crippen LogP contribution in [0.15, 0.2) is 78.5 Å². The van der Waals surface area contributed by atoms with Gasteiger partial charge in [0.1, 0.15) is 17.4 Å². The number of aliphatic hydroxyl groups is 1. The molecule has 35 heavy (non-hydrogen) atoms. The van der Waals surface area contributed by atoms with Crippen LogP contribution in [-0.4, -0.2) is 26.3 Å². The van der Waals surface area contributed by atoms with Gasteiger partial charge < -0.3 is 14.6 Å². The van der Waals surface area contributed by atoms with Gasteiger partial charge in [-0.2, -0.15) is 0 Å². The van der Waals surface area contributed by atoms with Gasteiger partial charge in [0.05, 0.1) is 11.6 Å². The average Bonchev–Trinajstić information content (AvgIpc) is 3.30. The van der Waals surface area contributed by atoms with Gasteiger partial charge in [-0.25, -0.2) is 8.78 Å². The highest BCUT2D eigenvalue weighted by Gasteiger charge is 2.47. The van der Waals surface area contributed by atoms with Crippen molar-refractivity contribution < 1.29 is 23.5 Å².